The van der Waals surface area contributed by atoms with Crippen LogP contribution in [0.5, 0.6) is 11.5 Å². The van der Waals surface area contributed by atoms with E-state index in [4.69, 9.17) is 37.8 Å². The van der Waals surface area contributed by atoms with Crippen LogP contribution >= 0.6 is 50.9 Å². The summed E-state index contributed by atoms with van der Waals surface area (Å²) in [5, 5.41) is 12.9. The molecule has 3 aromatic carbocycles. The number of ether oxygens (including phenoxy) is 2. The number of fused-ring (bicyclic) bond motifs is 1. The molecule has 1 amide bonds. The minimum absolute atomic E-state index is 0.199. The molecule has 43 heavy (non-hydrogen) atoms. The number of aryl methyl sites for hydroxylation is 1. The third kappa shape index (κ3) is 6.52. The lowest BCUT2D eigenvalue weighted by Gasteiger charge is -2.29. The van der Waals surface area contributed by atoms with Gasteiger partial charge < -0.3 is 20.1 Å². The highest BCUT2D eigenvalue weighted by molar-refractivity contribution is 9.10. The molecule has 1 aliphatic heterocycles. The molecular weight excluding hydrogens is 673 g/mol. The summed E-state index contributed by atoms with van der Waals surface area (Å²) in [5.74, 6) is 2.08. The Labute approximate surface area is 273 Å². The summed E-state index contributed by atoms with van der Waals surface area (Å²) >= 11 is 17.6. The molecule has 5 rings (SSSR count). The Balaban J connectivity index is 1.56. The Morgan fingerprint density at radius 3 is 2.67 bits per heavy atom. The summed E-state index contributed by atoms with van der Waals surface area (Å²) in [4.78, 5) is 18.7. The predicted molar refractivity (Wildman–Crippen MR) is 177 cm³/mol. The van der Waals surface area contributed by atoms with Gasteiger partial charge in [0.1, 0.15) is 12.6 Å². The number of rotatable bonds is 9. The van der Waals surface area contributed by atoms with Crippen LogP contribution in [-0.4, -0.2) is 33.5 Å². The van der Waals surface area contributed by atoms with Crippen LogP contribution in [0.25, 0.3) is 0 Å². The molecule has 4 aromatic rings. The van der Waals surface area contributed by atoms with Crippen LogP contribution in [-0.2, 0) is 11.4 Å². The molecule has 0 radical (unpaired) electrons. The van der Waals surface area contributed by atoms with Gasteiger partial charge in [0.05, 0.1) is 17.2 Å². The number of carbonyl (C=O) groups is 1. The van der Waals surface area contributed by atoms with Gasteiger partial charge in [-0.2, -0.15) is 4.98 Å². The number of hydrogen-bond donors (Lipinski definition) is 2. The summed E-state index contributed by atoms with van der Waals surface area (Å²) in [6, 6.07) is 14.3. The van der Waals surface area contributed by atoms with Crippen molar-refractivity contribution in [2.75, 3.05) is 23.5 Å². The second kappa shape index (κ2) is 13.2. The minimum atomic E-state index is -0.606. The molecule has 12 heteroatoms. The van der Waals surface area contributed by atoms with Crippen LogP contribution in [0.1, 0.15) is 42.1 Å². The van der Waals surface area contributed by atoms with Crippen LogP contribution < -0.4 is 20.1 Å². The number of thioether (sulfide) groups is 1. The van der Waals surface area contributed by atoms with Gasteiger partial charge in [-0.05, 0) is 89.5 Å². The first kappa shape index (κ1) is 31.3. The SMILES string of the molecule is CCSc1nc2n(n1)C(c1cc(Br)c(OCc3ccc(Cl)cc3Cl)c(OC)c1)C(C(=O)Nc1cccc(C)c1C)=C(C)N2. The molecule has 8 nitrogen and oxygen atoms in total. The predicted octanol–water partition coefficient (Wildman–Crippen LogP) is 8.59. The topological polar surface area (TPSA) is 90.3 Å². The first-order valence-corrected chi connectivity index (χ1v) is 16.0. The normalized spacial score (nSPS) is 14.3. The Bertz CT molecular complexity index is 1740. The lowest BCUT2D eigenvalue weighted by atomic mass is 9.94. The van der Waals surface area contributed by atoms with Crippen molar-refractivity contribution in [1.29, 1.82) is 0 Å². The third-order valence-corrected chi connectivity index (χ3v) is 9.05. The molecule has 0 saturated heterocycles. The molecule has 2 heterocycles. The van der Waals surface area contributed by atoms with Crippen molar-refractivity contribution in [3.8, 4) is 11.5 Å². The minimum Gasteiger partial charge on any atom is -0.493 e. The average Bonchev–Trinajstić information content (AvgIpc) is 3.36. The number of amides is 1. The van der Waals surface area contributed by atoms with Crippen LogP contribution in [0.15, 0.2) is 69.4 Å². The second-order valence-electron chi connectivity index (χ2n) is 9.92. The van der Waals surface area contributed by atoms with E-state index in [2.05, 4.69) is 31.5 Å². The van der Waals surface area contributed by atoms with Gasteiger partial charge >= 0.3 is 0 Å². The lowest BCUT2D eigenvalue weighted by molar-refractivity contribution is -0.113. The summed E-state index contributed by atoms with van der Waals surface area (Å²) in [6.07, 6.45) is 0. The largest absolute Gasteiger partial charge is 0.493 e. The summed E-state index contributed by atoms with van der Waals surface area (Å²) in [6.45, 7) is 8.12. The van der Waals surface area contributed by atoms with Crippen LogP contribution in [0.4, 0.5) is 11.6 Å². The van der Waals surface area contributed by atoms with Crippen LogP contribution in [0.3, 0.4) is 0 Å². The van der Waals surface area contributed by atoms with Crippen molar-refractivity contribution in [2.45, 2.75) is 45.5 Å². The number of halogens is 3. The maximum atomic E-state index is 14.0. The van der Waals surface area contributed by atoms with E-state index >= 15 is 0 Å². The van der Waals surface area contributed by atoms with E-state index in [-0.39, 0.29) is 12.5 Å². The highest BCUT2D eigenvalue weighted by Gasteiger charge is 2.35. The molecule has 1 unspecified atom stereocenters. The number of anilines is 2. The molecule has 0 saturated carbocycles. The Hall–Kier alpha value is -3.18. The Morgan fingerprint density at radius 1 is 1.16 bits per heavy atom. The summed E-state index contributed by atoms with van der Waals surface area (Å²) < 4.78 is 14.3. The monoisotopic (exact) mass is 701 g/mol. The highest BCUT2D eigenvalue weighted by Crippen LogP contribution is 2.44. The lowest BCUT2D eigenvalue weighted by Crippen LogP contribution is -2.31. The fourth-order valence-electron chi connectivity index (χ4n) is 4.83. The number of methoxy groups -OCH3 is 1. The number of nitrogens with zero attached hydrogens (tertiary/aromatic N) is 3. The van der Waals surface area contributed by atoms with E-state index in [9.17, 15) is 4.79 Å². The van der Waals surface area contributed by atoms with Crippen molar-refractivity contribution < 1.29 is 14.3 Å². The van der Waals surface area contributed by atoms with E-state index in [1.807, 2.05) is 64.1 Å². The zero-order chi connectivity index (χ0) is 30.8. The van der Waals surface area contributed by atoms with Gasteiger partial charge in [0.25, 0.3) is 5.91 Å². The molecule has 1 atom stereocenters. The van der Waals surface area contributed by atoms with Crippen molar-refractivity contribution in [3.63, 3.8) is 0 Å². The summed E-state index contributed by atoms with van der Waals surface area (Å²) in [5.41, 5.74) is 5.55. The van der Waals surface area contributed by atoms with Crippen molar-refractivity contribution >= 4 is 68.4 Å². The third-order valence-electron chi connectivity index (χ3n) is 7.16. The smallest absolute Gasteiger partial charge is 0.255 e. The number of benzene rings is 3. The molecule has 1 aliphatic rings. The van der Waals surface area contributed by atoms with E-state index in [1.54, 1.807) is 23.9 Å². The van der Waals surface area contributed by atoms with Crippen molar-refractivity contribution in [3.05, 3.63) is 96.6 Å². The van der Waals surface area contributed by atoms with Crippen LogP contribution in [0, 0.1) is 13.8 Å². The number of allylic oxidation sites excluding steroid dienone is 1. The zero-order valence-electron chi connectivity index (χ0n) is 24.2. The van der Waals surface area contributed by atoms with E-state index in [0.29, 0.717) is 48.4 Å². The average molecular weight is 703 g/mol. The van der Waals surface area contributed by atoms with E-state index in [1.165, 1.54) is 11.8 Å². The van der Waals surface area contributed by atoms with Gasteiger partial charge in [-0.3, -0.25) is 4.79 Å². The maximum Gasteiger partial charge on any atom is 0.255 e. The second-order valence-corrected chi connectivity index (χ2v) is 12.9. The molecule has 0 fully saturated rings. The van der Waals surface area contributed by atoms with Gasteiger partial charge in [-0.1, -0.05) is 60.1 Å². The molecule has 1 aromatic heterocycles. The Kier molecular flexibility index (Phi) is 9.60. The fourth-order valence-corrected chi connectivity index (χ4v) is 6.42. The number of nitrogens with one attached hydrogen (secondary N) is 2. The summed E-state index contributed by atoms with van der Waals surface area (Å²) in [7, 11) is 1.57. The molecular formula is C31H30BrCl2N5O3S. The van der Waals surface area contributed by atoms with Gasteiger partial charge in [0, 0.05) is 27.0 Å². The number of hydrogen-bond acceptors (Lipinski definition) is 7. The van der Waals surface area contributed by atoms with E-state index in [0.717, 1.165) is 33.7 Å². The Morgan fingerprint density at radius 2 is 1.95 bits per heavy atom. The number of aromatic nitrogens is 3. The standard InChI is InChI=1S/C31H30BrCl2N5O3S/c1-6-43-31-37-30-35-18(4)26(29(40)36-24-9-7-8-16(2)17(24)3)27(39(30)38-31)20-12-22(32)28(25(13-20)41-5)42-15-19-10-11-21(33)14-23(19)34/h7-14,27H,6,15H2,1-5H3,(H,36,40)(H,35,37,38). The zero-order valence-corrected chi connectivity index (χ0v) is 28.1. The van der Waals surface area contributed by atoms with E-state index < -0.39 is 6.04 Å². The van der Waals surface area contributed by atoms with Crippen molar-refractivity contribution in [2.24, 2.45) is 0 Å². The first-order valence-electron chi connectivity index (χ1n) is 13.5. The molecule has 0 bridgehead atoms. The van der Waals surface area contributed by atoms with Gasteiger partial charge in [0.15, 0.2) is 11.5 Å². The fraction of sp³-hybridized carbons (Fsp3) is 0.258. The quantitative estimate of drug-likeness (QED) is 0.169. The first-order chi connectivity index (χ1) is 20.6. The molecule has 0 spiro atoms. The van der Waals surface area contributed by atoms with Gasteiger partial charge in [0.2, 0.25) is 11.1 Å². The van der Waals surface area contributed by atoms with Gasteiger partial charge in [-0.15, -0.1) is 5.10 Å². The highest BCUT2D eigenvalue weighted by atomic mass is 79.9. The maximum absolute atomic E-state index is 14.0. The number of carbonyl (C=O) groups excluding carboxylic acids is 1. The molecule has 2 N–H and O–H groups in total. The molecule has 224 valence electrons. The van der Waals surface area contributed by atoms with Crippen molar-refractivity contribution in [1.82, 2.24) is 14.8 Å². The van der Waals surface area contributed by atoms with Crippen LogP contribution in [0.2, 0.25) is 10.0 Å². The van der Waals surface area contributed by atoms with Gasteiger partial charge in [-0.25, -0.2) is 4.68 Å². The molecule has 0 aliphatic carbocycles.